The number of furan rings is 1. The summed E-state index contributed by atoms with van der Waals surface area (Å²) in [5, 5.41) is 3.14. The molecule has 4 aromatic heterocycles. The smallest absolute Gasteiger partial charge is 0.227 e. The van der Waals surface area contributed by atoms with Crippen LogP contribution in [-0.4, -0.2) is 19.5 Å². The molecule has 40 heavy (non-hydrogen) atoms. The molecule has 0 bridgehead atoms. The van der Waals surface area contributed by atoms with Gasteiger partial charge in [0.15, 0.2) is 0 Å². The summed E-state index contributed by atoms with van der Waals surface area (Å²) in [5.74, 6) is 0.810. The molecule has 0 spiro atoms. The Morgan fingerprint density at radius 3 is 2.27 bits per heavy atom. The van der Waals surface area contributed by atoms with Gasteiger partial charge in [0.2, 0.25) is 5.71 Å². The van der Waals surface area contributed by atoms with Crippen molar-refractivity contribution in [1.82, 2.24) is 19.5 Å². The van der Waals surface area contributed by atoms with Crippen LogP contribution in [0.2, 0.25) is 0 Å². The van der Waals surface area contributed by atoms with Gasteiger partial charge in [-0.05, 0) is 61.9 Å². The van der Waals surface area contributed by atoms with Crippen molar-refractivity contribution in [2.24, 2.45) is 0 Å². The summed E-state index contributed by atoms with van der Waals surface area (Å²) in [6, 6.07) is 37.3. The highest BCUT2D eigenvalue weighted by atomic mass is 16.3. The van der Waals surface area contributed by atoms with Crippen molar-refractivity contribution in [2.45, 2.75) is 13.8 Å². The van der Waals surface area contributed by atoms with Gasteiger partial charge in [0.05, 0.1) is 27.8 Å². The van der Waals surface area contributed by atoms with Crippen LogP contribution in [0.3, 0.4) is 0 Å². The summed E-state index contributed by atoms with van der Waals surface area (Å²) >= 11 is 0. The molecule has 0 radical (unpaired) electrons. The molecule has 0 atom stereocenters. The lowest BCUT2D eigenvalue weighted by Crippen LogP contribution is -1.99. The Hall–Kier alpha value is -5.29. The number of pyridine rings is 2. The number of hydrogen-bond acceptors (Lipinski definition) is 4. The SMILES string of the molecule is Cc1ccc2ccc3nc(-c4ccc(C)c5c4oc4nc(-c6ccccc6)ccc45)n(-c4ccccc4)c3c2n1. The van der Waals surface area contributed by atoms with Gasteiger partial charge < -0.3 is 4.42 Å². The van der Waals surface area contributed by atoms with Crippen molar-refractivity contribution in [3.8, 4) is 28.3 Å². The third kappa shape index (κ3) is 3.38. The fourth-order valence-electron chi connectivity index (χ4n) is 5.72. The van der Waals surface area contributed by atoms with Crippen molar-refractivity contribution >= 4 is 44.0 Å². The number of fused-ring (bicyclic) bond motifs is 6. The first kappa shape index (κ1) is 22.7. The zero-order valence-corrected chi connectivity index (χ0v) is 22.1. The molecule has 0 amide bonds. The maximum absolute atomic E-state index is 6.59. The first-order valence-corrected chi connectivity index (χ1v) is 13.4. The number of rotatable bonds is 3. The number of aryl methyl sites for hydroxylation is 2. The van der Waals surface area contributed by atoms with E-state index in [2.05, 4.69) is 90.4 Å². The minimum absolute atomic E-state index is 0.622. The summed E-state index contributed by atoms with van der Waals surface area (Å²) in [7, 11) is 0. The number of benzene rings is 4. The van der Waals surface area contributed by atoms with Crippen LogP contribution in [-0.2, 0) is 0 Å². The Balaban J connectivity index is 1.46. The van der Waals surface area contributed by atoms with Crippen LogP contribution >= 0.6 is 0 Å². The molecular formula is C35H24N4O. The van der Waals surface area contributed by atoms with E-state index in [0.29, 0.717) is 5.71 Å². The van der Waals surface area contributed by atoms with Crippen molar-refractivity contribution in [1.29, 1.82) is 0 Å². The van der Waals surface area contributed by atoms with Crippen LogP contribution in [0.4, 0.5) is 0 Å². The van der Waals surface area contributed by atoms with Crippen LogP contribution in [0.1, 0.15) is 11.3 Å². The Bertz CT molecular complexity index is 2230. The van der Waals surface area contributed by atoms with Crippen LogP contribution in [0, 0.1) is 13.8 Å². The molecule has 190 valence electrons. The molecule has 8 rings (SSSR count). The molecule has 5 nitrogen and oxygen atoms in total. The monoisotopic (exact) mass is 516 g/mol. The molecule has 8 aromatic rings. The highest BCUT2D eigenvalue weighted by Gasteiger charge is 2.23. The van der Waals surface area contributed by atoms with E-state index in [-0.39, 0.29) is 0 Å². The maximum atomic E-state index is 6.59. The van der Waals surface area contributed by atoms with E-state index >= 15 is 0 Å². The van der Waals surface area contributed by atoms with Crippen LogP contribution in [0.15, 0.2) is 114 Å². The number of hydrogen-bond donors (Lipinski definition) is 0. The molecule has 0 aliphatic rings. The Morgan fingerprint density at radius 2 is 1.45 bits per heavy atom. The molecule has 4 aromatic carbocycles. The second-order valence-electron chi connectivity index (χ2n) is 10.2. The number of aromatic nitrogens is 4. The van der Waals surface area contributed by atoms with Crippen LogP contribution < -0.4 is 0 Å². The van der Waals surface area contributed by atoms with Gasteiger partial charge >= 0.3 is 0 Å². The van der Waals surface area contributed by atoms with Gasteiger partial charge in [-0.1, -0.05) is 66.7 Å². The minimum atomic E-state index is 0.622. The second-order valence-corrected chi connectivity index (χ2v) is 10.2. The van der Waals surface area contributed by atoms with Gasteiger partial charge in [-0.25, -0.2) is 9.97 Å². The van der Waals surface area contributed by atoms with Crippen LogP contribution in [0.25, 0.3) is 72.3 Å². The van der Waals surface area contributed by atoms with E-state index in [4.69, 9.17) is 19.4 Å². The lowest BCUT2D eigenvalue weighted by Gasteiger charge is -2.11. The zero-order chi connectivity index (χ0) is 26.8. The topological polar surface area (TPSA) is 56.7 Å². The number of imidazole rings is 1. The van der Waals surface area contributed by atoms with Gasteiger partial charge in [0, 0.05) is 33.1 Å². The molecule has 0 fully saturated rings. The molecule has 0 unspecified atom stereocenters. The Morgan fingerprint density at radius 1 is 0.675 bits per heavy atom. The molecule has 0 saturated heterocycles. The third-order valence-electron chi connectivity index (χ3n) is 7.63. The quantitative estimate of drug-likeness (QED) is 0.235. The van der Waals surface area contributed by atoms with Crippen molar-refractivity contribution < 1.29 is 4.42 Å². The molecule has 0 aliphatic carbocycles. The largest absolute Gasteiger partial charge is 0.437 e. The maximum Gasteiger partial charge on any atom is 0.227 e. The highest BCUT2D eigenvalue weighted by molar-refractivity contribution is 6.11. The van der Waals surface area contributed by atoms with Gasteiger partial charge in [0.25, 0.3) is 0 Å². The minimum Gasteiger partial charge on any atom is -0.437 e. The zero-order valence-electron chi connectivity index (χ0n) is 22.1. The van der Waals surface area contributed by atoms with E-state index in [1.54, 1.807) is 0 Å². The molecule has 5 heteroatoms. The standard InChI is InChI=1S/C35H24N4O/c1-21-13-17-27(33-30(21)26-18-20-28(38-35(26)40-33)23-9-5-3-6-10-23)34-37-29-19-16-24-15-14-22(2)36-31(24)32(29)39(34)25-11-7-4-8-12-25/h3-20H,1-2H3. The molecule has 0 aliphatic heterocycles. The molecule has 0 saturated carbocycles. The summed E-state index contributed by atoms with van der Waals surface area (Å²) in [4.78, 5) is 15.1. The van der Waals surface area contributed by atoms with E-state index < -0.39 is 0 Å². The van der Waals surface area contributed by atoms with Crippen molar-refractivity contribution in [2.75, 3.05) is 0 Å². The summed E-state index contributed by atoms with van der Waals surface area (Å²) in [6.07, 6.45) is 0. The second kappa shape index (κ2) is 8.61. The van der Waals surface area contributed by atoms with Gasteiger partial charge in [0.1, 0.15) is 11.4 Å². The van der Waals surface area contributed by atoms with Gasteiger partial charge in [-0.2, -0.15) is 0 Å². The molecule has 0 N–H and O–H groups in total. The normalized spacial score (nSPS) is 11.8. The first-order chi connectivity index (χ1) is 19.7. The number of para-hydroxylation sites is 1. The van der Waals surface area contributed by atoms with E-state index in [0.717, 1.165) is 77.9 Å². The van der Waals surface area contributed by atoms with Crippen molar-refractivity contribution in [3.05, 3.63) is 120 Å². The number of nitrogens with zero attached hydrogens (tertiary/aromatic N) is 4. The summed E-state index contributed by atoms with van der Waals surface area (Å²) in [6.45, 7) is 4.14. The van der Waals surface area contributed by atoms with Gasteiger partial charge in [-0.3, -0.25) is 9.55 Å². The highest BCUT2D eigenvalue weighted by Crippen LogP contribution is 2.40. The van der Waals surface area contributed by atoms with E-state index in [1.165, 1.54) is 0 Å². The van der Waals surface area contributed by atoms with E-state index in [1.807, 2.05) is 37.3 Å². The van der Waals surface area contributed by atoms with Crippen LogP contribution in [0.5, 0.6) is 0 Å². The van der Waals surface area contributed by atoms with Gasteiger partial charge in [-0.15, -0.1) is 0 Å². The fraction of sp³-hybridized carbons (Fsp3) is 0.0571. The lowest BCUT2D eigenvalue weighted by molar-refractivity contribution is 0.655. The molecule has 4 heterocycles. The average Bonchev–Trinajstić information content (AvgIpc) is 3.58. The lowest BCUT2D eigenvalue weighted by atomic mass is 10.0. The predicted molar refractivity (Wildman–Crippen MR) is 162 cm³/mol. The average molecular weight is 517 g/mol. The molecular weight excluding hydrogens is 492 g/mol. The Kier molecular flexibility index (Phi) is 4.88. The van der Waals surface area contributed by atoms with E-state index in [9.17, 15) is 0 Å². The summed E-state index contributed by atoms with van der Waals surface area (Å²) < 4.78 is 8.81. The van der Waals surface area contributed by atoms with Crippen molar-refractivity contribution in [3.63, 3.8) is 0 Å². The Labute approximate surface area is 230 Å². The first-order valence-electron chi connectivity index (χ1n) is 13.4. The predicted octanol–water partition coefficient (Wildman–Crippen LogP) is 8.82. The summed E-state index contributed by atoms with van der Waals surface area (Å²) in [5.41, 5.74) is 10.2. The fourth-order valence-corrected chi connectivity index (χ4v) is 5.72. The third-order valence-corrected chi connectivity index (χ3v) is 7.63.